The van der Waals surface area contributed by atoms with Gasteiger partial charge >= 0.3 is 0 Å². The van der Waals surface area contributed by atoms with Crippen LogP contribution in [0.25, 0.3) is 21.8 Å². The molecule has 3 aromatic rings. The summed E-state index contributed by atoms with van der Waals surface area (Å²) in [5.74, 6) is 0. The molecule has 138 valence electrons. The lowest BCUT2D eigenvalue weighted by Crippen LogP contribution is -2.24. The van der Waals surface area contributed by atoms with Gasteiger partial charge in [0.1, 0.15) is 0 Å². The second kappa shape index (κ2) is 8.05. The normalized spacial score (nSPS) is 11.7. The molecule has 0 N–H and O–H groups in total. The first-order valence-electron chi connectivity index (χ1n) is 9.81. The second-order valence-electron chi connectivity index (χ2n) is 7.21. The third-order valence-electron chi connectivity index (χ3n) is 5.40. The van der Waals surface area contributed by atoms with E-state index < -0.39 is 0 Å². The zero-order chi connectivity index (χ0) is 18.7. The fraction of sp³-hybridized carbons (Fsp3) is 0.435. The summed E-state index contributed by atoms with van der Waals surface area (Å²) in [5.41, 5.74) is 4.64. The van der Waals surface area contributed by atoms with Gasteiger partial charge in [-0.1, -0.05) is 32.0 Å². The Bertz CT molecular complexity index is 967. The zero-order valence-electron chi connectivity index (χ0n) is 16.5. The topological polar surface area (TPSA) is 25.2 Å². The number of hydrogen-bond donors (Lipinski definition) is 0. The van der Waals surface area contributed by atoms with Gasteiger partial charge < -0.3 is 9.47 Å². The molecule has 0 aliphatic heterocycles. The number of fused-ring (bicyclic) bond motifs is 2. The standard InChI is InChI=1S/C23H30N2O/c1-5-24(6-2)13-9-10-14-25-21-12-8-7-11-19(21)23(26)20-16-17(3)15-18(4)22(20)25/h7-8,11-12,15-16H,5-6,9-10,13-14H2,1-4H3. The van der Waals surface area contributed by atoms with Crippen LogP contribution in [0.5, 0.6) is 0 Å². The van der Waals surface area contributed by atoms with Crippen LogP contribution in [0.1, 0.15) is 37.8 Å². The summed E-state index contributed by atoms with van der Waals surface area (Å²) in [7, 11) is 0. The van der Waals surface area contributed by atoms with E-state index in [-0.39, 0.29) is 5.43 Å². The van der Waals surface area contributed by atoms with Gasteiger partial charge in [-0.15, -0.1) is 0 Å². The van der Waals surface area contributed by atoms with Gasteiger partial charge in [0, 0.05) is 17.3 Å². The zero-order valence-corrected chi connectivity index (χ0v) is 16.5. The highest BCUT2D eigenvalue weighted by Crippen LogP contribution is 2.24. The van der Waals surface area contributed by atoms with Crippen LogP contribution in [0, 0.1) is 13.8 Å². The van der Waals surface area contributed by atoms with E-state index in [4.69, 9.17) is 0 Å². The summed E-state index contributed by atoms with van der Waals surface area (Å²) in [6.45, 7) is 12.9. The number of pyridine rings is 1. The summed E-state index contributed by atoms with van der Waals surface area (Å²) in [6.07, 6.45) is 2.29. The number of hydrogen-bond acceptors (Lipinski definition) is 2. The van der Waals surface area contributed by atoms with Crippen molar-refractivity contribution in [3.63, 3.8) is 0 Å². The lowest BCUT2D eigenvalue weighted by molar-refractivity contribution is 0.295. The molecule has 0 saturated heterocycles. The molecule has 0 atom stereocenters. The lowest BCUT2D eigenvalue weighted by Gasteiger charge is -2.20. The monoisotopic (exact) mass is 350 g/mol. The van der Waals surface area contributed by atoms with Crippen LogP contribution in [0.3, 0.4) is 0 Å². The average molecular weight is 351 g/mol. The van der Waals surface area contributed by atoms with Crippen molar-refractivity contribution in [1.29, 1.82) is 0 Å². The summed E-state index contributed by atoms with van der Waals surface area (Å²) in [6, 6.07) is 12.3. The number of rotatable bonds is 7. The molecule has 0 aliphatic rings. The molecule has 0 spiro atoms. The van der Waals surface area contributed by atoms with E-state index in [0.29, 0.717) is 0 Å². The Morgan fingerprint density at radius 3 is 2.42 bits per heavy atom. The minimum Gasteiger partial charge on any atom is -0.340 e. The van der Waals surface area contributed by atoms with E-state index in [1.807, 2.05) is 24.3 Å². The molecule has 0 bridgehead atoms. The van der Waals surface area contributed by atoms with Crippen LogP contribution >= 0.6 is 0 Å². The predicted octanol–water partition coefficient (Wildman–Crippen LogP) is 4.89. The first kappa shape index (κ1) is 18.7. The van der Waals surface area contributed by atoms with Crippen LogP contribution in [-0.2, 0) is 6.54 Å². The Morgan fingerprint density at radius 1 is 0.962 bits per heavy atom. The first-order chi connectivity index (χ1) is 12.6. The number of benzene rings is 2. The van der Waals surface area contributed by atoms with E-state index in [0.717, 1.165) is 60.0 Å². The van der Waals surface area contributed by atoms with Gasteiger partial charge in [-0.3, -0.25) is 4.79 Å². The summed E-state index contributed by atoms with van der Waals surface area (Å²) < 4.78 is 2.36. The molecule has 3 rings (SSSR count). The van der Waals surface area contributed by atoms with Crippen molar-refractivity contribution in [3.8, 4) is 0 Å². The van der Waals surface area contributed by atoms with E-state index in [1.165, 1.54) is 12.0 Å². The number of aromatic nitrogens is 1. The molecule has 0 unspecified atom stereocenters. The van der Waals surface area contributed by atoms with E-state index in [2.05, 4.69) is 49.3 Å². The van der Waals surface area contributed by atoms with Crippen molar-refractivity contribution in [2.75, 3.05) is 19.6 Å². The minimum atomic E-state index is 0.154. The van der Waals surface area contributed by atoms with Crippen molar-refractivity contribution >= 4 is 21.8 Å². The maximum atomic E-state index is 13.0. The van der Waals surface area contributed by atoms with E-state index in [1.54, 1.807) is 0 Å². The second-order valence-corrected chi connectivity index (χ2v) is 7.21. The predicted molar refractivity (Wildman–Crippen MR) is 112 cm³/mol. The quantitative estimate of drug-likeness (QED) is 0.447. The van der Waals surface area contributed by atoms with Gasteiger partial charge in [0.25, 0.3) is 0 Å². The van der Waals surface area contributed by atoms with Crippen LogP contribution in [0.2, 0.25) is 0 Å². The molecular weight excluding hydrogens is 320 g/mol. The van der Waals surface area contributed by atoms with Gasteiger partial charge in [-0.2, -0.15) is 0 Å². The molecular formula is C23H30N2O. The van der Waals surface area contributed by atoms with Crippen LogP contribution in [-0.4, -0.2) is 29.1 Å². The molecule has 1 heterocycles. The van der Waals surface area contributed by atoms with Crippen LogP contribution in [0.15, 0.2) is 41.2 Å². The molecule has 0 aliphatic carbocycles. The number of unbranched alkanes of at least 4 members (excludes halogenated alkanes) is 1. The highest BCUT2D eigenvalue weighted by Gasteiger charge is 2.13. The van der Waals surface area contributed by atoms with Crippen molar-refractivity contribution < 1.29 is 0 Å². The summed E-state index contributed by atoms with van der Waals surface area (Å²) in [4.78, 5) is 15.5. The smallest absolute Gasteiger partial charge is 0.197 e. The van der Waals surface area contributed by atoms with Gasteiger partial charge in [0.05, 0.1) is 11.0 Å². The molecule has 0 amide bonds. The number of aryl methyl sites for hydroxylation is 3. The van der Waals surface area contributed by atoms with Crippen molar-refractivity contribution in [1.82, 2.24) is 9.47 Å². The van der Waals surface area contributed by atoms with Gasteiger partial charge in [-0.05, 0) is 75.6 Å². The summed E-state index contributed by atoms with van der Waals surface area (Å²) in [5, 5.41) is 1.68. The Balaban J connectivity index is 2.04. The Hall–Kier alpha value is -2.13. The molecule has 0 radical (unpaired) electrons. The SMILES string of the molecule is CCN(CC)CCCCn1c2ccccc2c(=O)c2cc(C)cc(C)c21. The summed E-state index contributed by atoms with van der Waals surface area (Å²) >= 11 is 0. The molecule has 0 saturated carbocycles. The minimum absolute atomic E-state index is 0.154. The van der Waals surface area contributed by atoms with E-state index >= 15 is 0 Å². The molecule has 3 heteroatoms. The van der Waals surface area contributed by atoms with Crippen molar-refractivity contribution in [2.24, 2.45) is 0 Å². The average Bonchev–Trinajstić information content (AvgIpc) is 2.64. The number of para-hydroxylation sites is 1. The molecule has 3 nitrogen and oxygen atoms in total. The van der Waals surface area contributed by atoms with E-state index in [9.17, 15) is 4.79 Å². The largest absolute Gasteiger partial charge is 0.340 e. The van der Waals surface area contributed by atoms with Crippen molar-refractivity contribution in [2.45, 2.75) is 47.1 Å². The molecule has 1 aromatic heterocycles. The lowest BCUT2D eigenvalue weighted by atomic mass is 10.0. The number of nitrogens with zero attached hydrogens (tertiary/aromatic N) is 2. The molecule has 0 fully saturated rings. The van der Waals surface area contributed by atoms with Gasteiger partial charge in [0.15, 0.2) is 5.43 Å². The van der Waals surface area contributed by atoms with Gasteiger partial charge in [0.2, 0.25) is 0 Å². The Morgan fingerprint density at radius 2 is 1.69 bits per heavy atom. The Labute approximate surface area is 156 Å². The van der Waals surface area contributed by atoms with Gasteiger partial charge in [-0.25, -0.2) is 0 Å². The fourth-order valence-electron chi connectivity index (χ4n) is 4.04. The first-order valence-corrected chi connectivity index (χ1v) is 9.81. The van der Waals surface area contributed by atoms with Crippen LogP contribution in [0.4, 0.5) is 0 Å². The fourth-order valence-corrected chi connectivity index (χ4v) is 4.04. The van der Waals surface area contributed by atoms with Crippen molar-refractivity contribution in [3.05, 3.63) is 57.7 Å². The highest BCUT2D eigenvalue weighted by atomic mass is 16.1. The highest BCUT2D eigenvalue weighted by molar-refractivity contribution is 5.95. The van der Waals surface area contributed by atoms with Crippen LogP contribution < -0.4 is 5.43 Å². The third kappa shape index (κ3) is 3.54. The maximum absolute atomic E-state index is 13.0. The Kier molecular flexibility index (Phi) is 5.77. The molecule has 26 heavy (non-hydrogen) atoms. The maximum Gasteiger partial charge on any atom is 0.197 e. The third-order valence-corrected chi connectivity index (χ3v) is 5.40. The molecule has 2 aromatic carbocycles.